The van der Waals surface area contributed by atoms with Gasteiger partial charge in [0.1, 0.15) is 18.3 Å². The van der Waals surface area contributed by atoms with Crippen molar-refractivity contribution in [2.24, 2.45) is 0 Å². The SMILES string of the molecule is CO[C@H]1O[C@H](CBr)[C@@H](OC(=O)c2ccccc2)[C@H](OCc2cc(C(F)(F)F)cc(C(F)(F)F)c2)[C@H]1OCc1cc(C(F)(F)F)cc(C(F)(F)F)c1. The van der Waals surface area contributed by atoms with Crippen molar-refractivity contribution in [2.45, 2.75) is 68.6 Å². The van der Waals surface area contributed by atoms with E-state index in [2.05, 4.69) is 15.9 Å². The smallest absolute Gasteiger partial charge is 0.416 e. The molecule has 280 valence electrons. The third-order valence-corrected chi connectivity index (χ3v) is 8.05. The standard InChI is InChI=1S/C32H25BrF12O6/c1-47-28-26(49-15-17-9-21(31(40,41)42)12-22(10-17)32(43,44)45)25(24(23(13-33)50-28)51-27(46)18-5-3-2-4-6-18)48-14-16-7-19(29(34,35)36)11-20(8-16)30(37,38)39/h2-12,23-26,28H,13-15H2,1H3/t23-,24-,25+,26-,28+/m1/s1. The number of rotatable bonds is 10. The maximum Gasteiger partial charge on any atom is 0.416 e. The van der Waals surface area contributed by atoms with E-state index in [0.29, 0.717) is 24.3 Å². The van der Waals surface area contributed by atoms with Gasteiger partial charge in [0.05, 0.1) is 41.0 Å². The number of carbonyl (C=O) groups excluding carboxylic acids is 1. The van der Waals surface area contributed by atoms with Crippen LogP contribution in [0.4, 0.5) is 52.7 Å². The Morgan fingerprint density at radius 3 is 1.43 bits per heavy atom. The molecule has 4 rings (SSSR count). The van der Waals surface area contributed by atoms with E-state index in [9.17, 15) is 57.5 Å². The van der Waals surface area contributed by atoms with Crippen LogP contribution in [-0.2, 0) is 61.6 Å². The summed E-state index contributed by atoms with van der Waals surface area (Å²) in [4.78, 5) is 13.1. The predicted molar refractivity (Wildman–Crippen MR) is 155 cm³/mol. The minimum absolute atomic E-state index is 0.00718. The zero-order valence-electron chi connectivity index (χ0n) is 25.7. The summed E-state index contributed by atoms with van der Waals surface area (Å²) < 4.78 is 191. The Bertz CT molecular complexity index is 1580. The molecule has 0 N–H and O–H groups in total. The second kappa shape index (κ2) is 15.7. The van der Waals surface area contributed by atoms with Crippen molar-refractivity contribution < 1.29 is 81.2 Å². The molecule has 0 spiro atoms. The van der Waals surface area contributed by atoms with Crippen LogP contribution in [0.1, 0.15) is 43.7 Å². The molecule has 19 heteroatoms. The Kier molecular flexibility index (Phi) is 12.4. The fraction of sp³-hybridized carbons (Fsp3) is 0.406. The molecule has 3 aromatic rings. The Morgan fingerprint density at radius 1 is 0.647 bits per heavy atom. The van der Waals surface area contributed by atoms with Crippen molar-refractivity contribution in [3.05, 3.63) is 106 Å². The van der Waals surface area contributed by atoms with Gasteiger partial charge in [-0.15, -0.1) is 0 Å². The molecule has 3 aromatic carbocycles. The van der Waals surface area contributed by atoms with Gasteiger partial charge in [-0.3, -0.25) is 0 Å². The van der Waals surface area contributed by atoms with Gasteiger partial charge in [0, 0.05) is 12.4 Å². The Labute approximate surface area is 289 Å². The Hall–Kier alpha value is -3.39. The fourth-order valence-electron chi connectivity index (χ4n) is 5.06. The molecule has 6 nitrogen and oxygen atoms in total. The molecule has 1 aliphatic rings. The lowest BCUT2D eigenvalue weighted by Crippen LogP contribution is -2.61. The van der Waals surface area contributed by atoms with E-state index in [4.69, 9.17) is 23.7 Å². The number of alkyl halides is 13. The maximum absolute atomic E-state index is 13.6. The van der Waals surface area contributed by atoms with Crippen molar-refractivity contribution in [3.8, 4) is 0 Å². The molecule has 0 aromatic heterocycles. The van der Waals surface area contributed by atoms with Crippen LogP contribution in [0, 0.1) is 0 Å². The highest BCUT2D eigenvalue weighted by molar-refractivity contribution is 9.09. The molecule has 1 heterocycles. The van der Waals surface area contributed by atoms with Gasteiger partial charge in [-0.05, 0) is 59.7 Å². The molecule has 5 atom stereocenters. The predicted octanol–water partition coefficient (Wildman–Crippen LogP) is 9.22. The van der Waals surface area contributed by atoms with E-state index in [1.165, 1.54) is 24.3 Å². The Balaban J connectivity index is 1.76. The monoisotopic (exact) mass is 812 g/mol. The lowest BCUT2D eigenvalue weighted by atomic mass is 9.98. The van der Waals surface area contributed by atoms with Crippen LogP contribution in [-0.4, -0.2) is 49.1 Å². The van der Waals surface area contributed by atoms with Crippen LogP contribution < -0.4 is 0 Å². The van der Waals surface area contributed by atoms with Gasteiger partial charge in [-0.25, -0.2) is 4.79 Å². The van der Waals surface area contributed by atoms with Gasteiger partial charge in [-0.1, -0.05) is 34.1 Å². The highest BCUT2D eigenvalue weighted by atomic mass is 79.9. The topological polar surface area (TPSA) is 63.2 Å². The second-order valence-corrected chi connectivity index (χ2v) is 11.7. The lowest BCUT2D eigenvalue weighted by molar-refractivity contribution is -0.305. The van der Waals surface area contributed by atoms with Crippen molar-refractivity contribution in [3.63, 3.8) is 0 Å². The van der Waals surface area contributed by atoms with Crippen molar-refractivity contribution >= 4 is 21.9 Å². The molecule has 0 aliphatic carbocycles. The maximum atomic E-state index is 13.6. The van der Waals surface area contributed by atoms with Gasteiger partial charge >= 0.3 is 30.7 Å². The second-order valence-electron chi connectivity index (χ2n) is 11.0. The van der Waals surface area contributed by atoms with Gasteiger partial charge in [0.2, 0.25) is 0 Å². The first kappa shape index (κ1) is 40.4. The zero-order valence-corrected chi connectivity index (χ0v) is 27.3. The molecule has 0 amide bonds. The van der Waals surface area contributed by atoms with E-state index in [1.54, 1.807) is 6.07 Å². The molecule has 0 radical (unpaired) electrons. The molecule has 1 fully saturated rings. The molecule has 51 heavy (non-hydrogen) atoms. The molecule has 1 aliphatic heterocycles. The third-order valence-electron chi connectivity index (χ3n) is 7.41. The quantitative estimate of drug-likeness (QED) is 0.116. The van der Waals surface area contributed by atoms with E-state index < -0.39 is 108 Å². The summed E-state index contributed by atoms with van der Waals surface area (Å²) in [5, 5.41) is -0.142. The normalized spacial score (nSPS) is 21.8. The number of benzene rings is 3. The number of methoxy groups -OCH3 is 1. The molecule has 0 unspecified atom stereocenters. The first-order chi connectivity index (χ1) is 23.6. The van der Waals surface area contributed by atoms with Crippen molar-refractivity contribution in [1.29, 1.82) is 0 Å². The Morgan fingerprint density at radius 2 is 1.06 bits per heavy atom. The van der Waals surface area contributed by atoms with Crippen LogP contribution in [0.2, 0.25) is 0 Å². The zero-order chi connectivity index (χ0) is 37.9. The average molecular weight is 813 g/mol. The summed E-state index contributed by atoms with van der Waals surface area (Å²) in [5.41, 5.74) is -7.95. The average Bonchev–Trinajstić information content (AvgIpc) is 3.05. The van der Waals surface area contributed by atoms with Crippen LogP contribution in [0.15, 0.2) is 66.7 Å². The van der Waals surface area contributed by atoms with Crippen LogP contribution >= 0.6 is 15.9 Å². The fourth-order valence-corrected chi connectivity index (χ4v) is 5.58. The largest absolute Gasteiger partial charge is 0.453 e. The first-order valence-electron chi connectivity index (χ1n) is 14.4. The third kappa shape index (κ3) is 10.4. The number of halogens is 13. The minimum Gasteiger partial charge on any atom is -0.453 e. The molecular formula is C32H25BrF12O6. The van der Waals surface area contributed by atoms with Crippen molar-refractivity contribution in [2.75, 3.05) is 12.4 Å². The molecular weight excluding hydrogens is 788 g/mol. The summed E-state index contributed by atoms with van der Waals surface area (Å²) in [7, 11) is 1.06. The van der Waals surface area contributed by atoms with Gasteiger partial charge in [0.15, 0.2) is 12.4 Å². The number of hydrogen-bond acceptors (Lipinski definition) is 6. The summed E-state index contributed by atoms with van der Waals surface area (Å²) in [6.45, 7) is -2.01. The molecule has 1 saturated heterocycles. The number of esters is 1. The van der Waals surface area contributed by atoms with E-state index in [-0.39, 0.29) is 23.0 Å². The van der Waals surface area contributed by atoms with E-state index in [1.807, 2.05) is 0 Å². The van der Waals surface area contributed by atoms with E-state index >= 15 is 0 Å². The number of carbonyl (C=O) groups is 1. The van der Waals surface area contributed by atoms with Crippen LogP contribution in [0.3, 0.4) is 0 Å². The van der Waals surface area contributed by atoms with E-state index in [0.717, 1.165) is 7.11 Å². The van der Waals surface area contributed by atoms with Crippen LogP contribution in [0.25, 0.3) is 0 Å². The summed E-state index contributed by atoms with van der Waals surface area (Å²) in [5.74, 6) is -0.996. The number of hydrogen-bond donors (Lipinski definition) is 0. The first-order valence-corrected chi connectivity index (χ1v) is 15.5. The highest BCUT2D eigenvalue weighted by Crippen LogP contribution is 2.39. The molecule has 0 saturated carbocycles. The summed E-state index contributed by atoms with van der Waals surface area (Å²) >= 11 is 3.16. The highest BCUT2D eigenvalue weighted by Gasteiger charge is 2.50. The van der Waals surface area contributed by atoms with Crippen LogP contribution in [0.5, 0.6) is 0 Å². The summed E-state index contributed by atoms with van der Waals surface area (Å²) in [6, 6.07) is 8.54. The summed E-state index contributed by atoms with van der Waals surface area (Å²) in [6.07, 6.45) is -28.6. The van der Waals surface area contributed by atoms with Gasteiger partial charge < -0.3 is 23.7 Å². The number of ether oxygens (including phenoxy) is 5. The molecule has 0 bridgehead atoms. The van der Waals surface area contributed by atoms with Gasteiger partial charge in [-0.2, -0.15) is 52.7 Å². The lowest BCUT2D eigenvalue weighted by Gasteiger charge is -2.44. The van der Waals surface area contributed by atoms with Gasteiger partial charge in [0.25, 0.3) is 0 Å². The minimum atomic E-state index is -5.21. The van der Waals surface area contributed by atoms with Crippen molar-refractivity contribution in [1.82, 2.24) is 0 Å².